The van der Waals surface area contributed by atoms with Crippen molar-refractivity contribution >= 4 is 0 Å². The molecule has 0 saturated heterocycles. The third kappa shape index (κ3) is 8.00. The number of unbranched alkanes of at least 4 members (excludes halogenated alkanes) is 1. The predicted octanol–water partition coefficient (Wildman–Crippen LogP) is 1.92. The SMILES string of the molecule is C=CC(N)CNCC(C)CCCC. The highest BCUT2D eigenvalue weighted by atomic mass is 14.9. The van der Waals surface area contributed by atoms with Crippen molar-refractivity contribution in [3.8, 4) is 0 Å². The summed E-state index contributed by atoms with van der Waals surface area (Å²) >= 11 is 0. The third-order valence-electron chi connectivity index (χ3n) is 2.23. The molecule has 2 nitrogen and oxygen atoms in total. The molecule has 0 spiro atoms. The van der Waals surface area contributed by atoms with E-state index < -0.39 is 0 Å². The minimum Gasteiger partial charge on any atom is -0.323 e. The van der Waals surface area contributed by atoms with Gasteiger partial charge in [-0.3, -0.25) is 0 Å². The molecule has 0 bridgehead atoms. The Morgan fingerprint density at radius 1 is 1.46 bits per heavy atom. The van der Waals surface area contributed by atoms with Gasteiger partial charge < -0.3 is 11.1 Å². The van der Waals surface area contributed by atoms with Crippen LogP contribution >= 0.6 is 0 Å². The first-order valence-corrected chi connectivity index (χ1v) is 5.29. The molecule has 13 heavy (non-hydrogen) atoms. The van der Waals surface area contributed by atoms with Gasteiger partial charge in [-0.1, -0.05) is 32.8 Å². The molecule has 0 saturated carbocycles. The summed E-state index contributed by atoms with van der Waals surface area (Å²) in [6.45, 7) is 10.1. The summed E-state index contributed by atoms with van der Waals surface area (Å²) in [6.07, 6.45) is 5.71. The maximum atomic E-state index is 5.68. The van der Waals surface area contributed by atoms with Crippen molar-refractivity contribution in [2.24, 2.45) is 11.7 Å². The molecule has 0 radical (unpaired) electrons. The Morgan fingerprint density at radius 3 is 2.69 bits per heavy atom. The first-order valence-electron chi connectivity index (χ1n) is 5.29. The maximum Gasteiger partial charge on any atom is 0.0348 e. The Bertz CT molecular complexity index is 123. The molecule has 0 aliphatic carbocycles. The first kappa shape index (κ1) is 12.7. The van der Waals surface area contributed by atoms with Crippen LogP contribution < -0.4 is 11.1 Å². The second-order valence-corrected chi connectivity index (χ2v) is 3.81. The van der Waals surface area contributed by atoms with Crippen LogP contribution in [0.4, 0.5) is 0 Å². The van der Waals surface area contributed by atoms with Gasteiger partial charge in [-0.15, -0.1) is 6.58 Å². The quantitative estimate of drug-likeness (QED) is 0.566. The van der Waals surface area contributed by atoms with Crippen LogP contribution in [0.5, 0.6) is 0 Å². The minimum atomic E-state index is 0.0957. The summed E-state index contributed by atoms with van der Waals surface area (Å²) in [6, 6.07) is 0.0957. The van der Waals surface area contributed by atoms with Gasteiger partial charge in [0.1, 0.15) is 0 Å². The number of nitrogens with two attached hydrogens (primary N) is 1. The van der Waals surface area contributed by atoms with Crippen molar-refractivity contribution in [1.82, 2.24) is 5.32 Å². The molecule has 0 aliphatic rings. The van der Waals surface area contributed by atoms with Crippen LogP contribution in [0.3, 0.4) is 0 Å². The number of hydrogen-bond acceptors (Lipinski definition) is 2. The molecular weight excluding hydrogens is 160 g/mol. The summed E-state index contributed by atoms with van der Waals surface area (Å²) in [7, 11) is 0. The lowest BCUT2D eigenvalue weighted by atomic mass is 10.0. The topological polar surface area (TPSA) is 38.0 Å². The van der Waals surface area contributed by atoms with Crippen LogP contribution in [0.25, 0.3) is 0 Å². The molecule has 0 aromatic carbocycles. The predicted molar refractivity (Wildman–Crippen MR) is 59.7 cm³/mol. The van der Waals surface area contributed by atoms with Crippen LogP contribution in [-0.2, 0) is 0 Å². The number of rotatable bonds is 8. The van der Waals surface area contributed by atoms with E-state index >= 15 is 0 Å². The highest BCUT2D eigenvalue weighted by Gasteiger charge is 2.01. The largest absolute Gasteiger partial charge is 0.323 e. The van der Waals surface area contributed by atoms with E-state index in [-0.39, 0.29) is 6.04 Å². The molecule has 2 unspecified atom stereocenters. The Kier molecular flexibility index (Phi) is 8.05. The summed E-state index contributed by atoms with van der Waals surface area (Å²) in [4.78, 5) is 0. The van der Waals surface area contributed by atoms with Gasteiger partial charge in [-0.2, -0.15) is 0 Å². The molecule has 0 rings (SSSR count). The van der Waals surface area contributed by atoms with Gasteiger partial charge in [0.25, 0.3) is 0 Å². The zero-order valence-corrected chi connectivity index (χ0v) is 9.05. The highest BCUT2D eigenvalue weighted by molar-refractivity contribution is 4.83. The Hall–Kier alpha value is -0.340. The van der Waals surface area contributed by atoms with E-state index in [0.29, 0.717) is 0 Å². The average molecular weight is 184 g/mol. The fourth-order valence-corrected chi connectivity index (χ4v) is 1.23. The van der Waals surface area contributed by atoms with Crippen molar-refractivity contribution in [2.75, 3.05) is 13.1 Å². The number of hydrogen-bond donors (Lipinski definition) is 2. The zero-order valence-electron chi connectivity index (χ0n) is 9.05. The molecule has 78 valence electrons. The fraction of sp³-hybridized carbons (Fsp3) is 0.818. The normalized spacial score (nSPS) is 15.3. The van der Waals surface area contributed by atoms with E-state index in [9.17, 15) is 0 Å². The zero-order chi connectivity index (χ0) is 10.1. The molecule has 0 fully saturated rings. The van der Waals surface area contributed by atoms with Crippen molar-refractivity contribution in [2.45, 2.75) is 39.2 Å². The Labute approximate surface area is 82.6 Å². The Morgan fingerprint density at radius 2 is 2.15 bits per heavy atom. The Balaban J connectivity index is 3.25. The van der Waals surface area contributed by atoms with E-state index in [1.165, 1.54) is 19.3 Å². The summed E-state index contributed by atoms with van der Waals surface area (Å²) < 4.78 is 0. The molecule has 0 aromatic rings. The monoisotopic (exact) mass is 184 g/mol. The molecule has 0 aromatic heterocycles. The third-order valence-corrected chi connectivity index (χ3v) is 2.23. The lowest BCUT2D eigenvalue weighted by molar-refractivity contribution is 0.460. The van der Waals surface area contributed by atoms with Gasteiger partial charge in [0, 0.05) is 12.6 Å². The standard InChI is InChI=1S/C11H24N2/c1-4-6-7-10(3)8-13-9-11(12)5-2/h5,10-11,13H,2,4,6-9,12H2,1,3H3. The minimum absolute atomic E-state index is 0.0957. The molecule has 3 N–H and O–H groups in total. The molecule has 2 heteroatoms. The molecule has 2 atom stereocenters. The van der Waals surface area contributed by atoms with E-state index in [0.717, 1.165) is 19.0 Å². The second kappa shape index (κ2) is 8.27. The van der Waals surface area contributed by atoms with E-state index in [1.807, 2.05) is 0 Å². The lowest BCUT2D eigenvalue weighted by Crippen LogP contribution is -2.34. The summed E-state index contributed by atoms with van der Waals surface area (Å²) in [5.41, 5.74) is 5.68. The molecule has 0 amide bonds. The van der Waals surface area contributed by atoms with Crippen LogP contribution in [0.2, 0.25) is 0 Å². The van der Waals surface area contributed by atoms with Crippen LogP contribution in [0, 0.1) is 5.92 Å². The van der Waals surface area contributed by atoms with Crippen LogP contribution in [0.15, 0.2) is 12.7 Å². The molecular formula is C11H24N2. The van der Waals surface area contributed by atoms with Crippen LogP contribution in [-0.4, -0.2) is 19.1 Å². The summed E-state index contributed by atoms with van der Waals surface area (Å²) in [5, 5.41) is 3.35. The van der Waals surface area contributed by atoms with Gasteiger partial charge in [-0.05, 0) is 18.9 Å². The van der Waals surface area contributed by atoms with Gasteiger partial charge >= 0.3 is 0 Å². The highest BCUT2D eigenvalue weighted by Crippen LogP contribution is 2.05. The smallest absolute Gasteiger partial charge is 0.0348 e. The second-order valence-electron chi connectivity index (χ2n) is 3.81. The summed E-state index contributed by atoms with van der Waals surface area (Å²) in [5.74, 6) is 0.761. The van der Waals surface area contributed by atoms with E-state index in [1.54, 1.807) is 6.08 Å². The van der Waals surface area contributed by atoms with E-state index in [2.05, 4.69) is 25.7 Å². The fourth-order valence-electron chi connectivity index (χ4n) is 1.23. The first-order chi connectivity index (χ1) is 6.20. The van der Waals surface area contributed by atoms with Crippen molar-refractivity contribution in [3.63, 3.8) is 0 Å². The molecule has 0 heterocycles. The van der Waals surface area contributed by atoms with E-state index in [4.69, 9.17) is 5.73 Å². The van der Waals surface area contributed by atoms with Crippen molar-refractivity contribution in [3.05, 3.63) is 12.7 Å². The lowest BCUT2D eigenvalue weighted by Gasteiger charge is -2.13. The molecule has 0 aliphatic heterocycles. The van der Waals surface area contributed by atoms with Crippen molar-refractivity contribution < 1.29 is 0 Å². The van der Waals surface area contributed by atoms with Gasteiger partial charge in [0.05, 0.1) is 0 Å². The van der Waals surface area contributed by atoms with Gasteiger partial charge in [0.15, 0.2) is 0 Å². The number of nitrogens with one attached hydrogen (secondary N) is 1. The van der Waals surface area contributed by atoms with Crippen molar-refractivity contribution in [1.29, 1.82) is 0 Å². The van der Waals surface area contributed by atoms with Crippen LogP contribution in [0.1, 0.15) is 33.1 Å². The maximum absolute atomic E-state index is 5.68. The van der Waals surface area contributed by atoms with Gasteiger partial charge in [0.2, 0.25) is 0 Å². The van der Waals surface area contributed by atoms with Gasteiger partial charge in [-0.25, -0.2) is 0 Å². The average Bonchev–Trinajstić information content (AvgIpc) is 2.14.